The number of hydrogen-bond donors (Lipinski definition) is 0. The maximum absolute atomic E-state index is 12.9. The summed E-state index contributed by atoms with van der Waals surface area (Å²) in [5.74, 6) is 0.479. The zero-order valence-electron chi connectivity index (χ0n) is 15.9. The molecule has 0 saturated carbocycles. The van der Waals surface area contributed by atoms with Gasteiger partial charge in [0.2, 0.25) is 6.10 Å². The predicted molar refractivity (Wildman–Crippen MR) is 101 cm³/mol. The van der Waals surface area contributed by atoms with E-state index in [9.17, 15) is 4.79 Å². The lowest BCUT2D eigenvalue weighted by Gasteiger charge is -2.38. The molecule has 9 heteroatoms. The van der Waals surface area contributed by atoms with Crippen LogP contribution in [0.25, 0.3) is 0 Å². The molecule has 0 unspecified atom stereocenters. The number of hydrogen-bond acceptors (Lipinski definition) is 7. The fourth-order valence-electron chi connectivity index (χ4n) is 3.81. The van der Waals surface area contributed by atoms with Crippen LogP contribution in [0, 0.1) is 0 Å². The second kappa shape index (κ2) is 7.77. The number of carbonyl (C=O) groups is 1. The summed E-state index contributed by atoms with van der Waals surface area (Å²) in [5, 5.41) is 4.56. The van der Waals surface area contributed by atoms with E-state index >= 15 is 0 Å². The van der Waals surface area contributed by atoms with Gasteiger partial charge in [-0.25, -0.2) is 0 Å². The van der Waals surface area contributed by atoms with Crippen molar-refractivity contribution in [3.05, 3.63) is 22.7 Å². The number of methoxy groups -OCH3 is 2. The number of oxime groups is 1. The Kier molecular flexibility index (Phi) is 5.35. The highest BCUT2D eigenvalue weighted by molar-refractivity contribution is 6.32. The van der Waals surface area contributed by atoms with Crippen LogP contribution in [0.2, 0.25) is 5.02 Å². The van der Waals surface area contributed by atoms with Crippen LogP contribution in [-0.4, -0.2) is 68.9 Å². The van der Waals surface area contributed by atoms with E-state index in [-0.39, 0.29) is 5.91 Å². The Hall–Kier alpha value is -2.03. The molecule has 1 amide bonds. The van der Waals surface area contributed by atoms with Crippen LogP contribution < -0.4 is 9.47 Å². The number of nitrogens with zero attached hydrogens (tertiary/aromatic N) is 2. The first-order valence-electron chi connectivity index (χ1n) is 9.26. The molecule has 152 valence electrons. The summed E-state index contributed by atoms with van der Waals surface area (Å²) in [5.41, 5.74) is 1.31. The third-order valence-electron chi connectivity index (χ3n) is 5.38. The lowest BCUT2D eigenvalue weighted by Crippen LogP contribution is -2.50. The number of ether oxygens (including phenoxy) is 4. The van der Waals surface area contributed by atoms with Crippen molar-refractivity contribution in [3.63, 3.8) is 0 Å². The van der Waals surface area contributed by atoms with Gasteiger partial charge in [-0.05, 0) is 6.07 Å². The summed E-state index contributed by atoms with van der Waals surface area (Å²) in [4.78, 5) is 20.1. The molecule has 0 aliphatic carbocycles. The van der Waals surface area contributed by atoms with Crippen molar-refractivity contribution < 1.29 is 28.6 Å². The minimum Gasteiger partial charge on any atom is -0.496 e. The Bertz CT molecular complexity index is 783. The van der Waals surface area contributed by atoms with Gasteiger partial charge in [-0.1, -0.05) is 16.8 Å². The van der Waals surface area contributed by atoms with Gasteiger partial charge in [0.05, 0.1) is 38.2 Å². The molecule has 1 aromatic carbocycles. The minimum absolute atomic E-state index is 0.0785. The molecule has 4 rings (SSSR count). The summed E-state index contributed by atoms with van der Waals surface area (Å²) in [6, 6.07) is 3.41. The van der Waals surface area contributed by atoms with Gasteiger partial charge in [-0.2, -0.15) is 0 Å². The van der Waals surface area contributed by atoms with E-state index in [4.69, 9.17) is 35.4 Å². The van der Waals surface area contributed by atoms with E-state index < -0.39 is 11.9 Å². The molecule has 0 bridgehead atoms. The highest BCUT2D eigenvalue weighted by Crippen LogP contribution is 2.36. The topological polar surface area (TPSA) is 78.8 Å². The number of halogens is 1. The van der Waals surface area contributed by atoms with Crippen LogP contribution in [-0.2, 0) is 19.1 Å². The Morgan fingerprint density at radius 2 is 1.86 bits per heavy atom. The Balaban J connectivity index is 1.41. The van der Waals surface area contributed by atoms with Gasteiger partial charge in [0.15, 0.2) is 5.79 Å². The molecule has 28 heavy (non-hydrogen) atoms. The minimum atomic E-state index is -0.653. The summed E-state index contributed by atoms with van der Waals surface area (Å²) in [6.07, 6.45) is 1.04. The summed E-state index contributed by atoms with van der Waals surface area (Å²) >= 11 is 6.24. The highest BCUT2D eigenvalue weighted by Gasteiger charge is 2.43. The number of likely N-dealkylation sites (tertiary alicyclic amines) is 1. The SMILES string of the molecule is COc1cc(OC)c(C2=NO[C@@H](C(=O)N3CCC4(CC3)OCCO4)C2)cc1Cl. The molecule has 3 aliphatic rings. The number of piperidine rings is 1. The van der Waals surface area contributed by atoms with Crippen LogP contribution in [0.15, 0.2) is 17.3 Å². The number of rotatable bonds is 4. The number of benzene rings is 1. The van der Waals surface area contributed by atoms with Gasteiger partial charge < -0.3 is 28.7 Å². The normalized spacial score (nSPS) is 23.5. The molecular weight excluding hydrogens is 388 g/mol. The van der Waals surface area contributed by atoms with E-state index in [1.807, 2.05) is 0 Å². The smallest absolute Gasteiger partial charge is 0.266 e. The van der Waals surface area contributed by atoms with E-state index in [0.717, 1.165) is 0 Å². The molecule has 2 saturated heterocycles. The van der Waals surface area contributed by atoms with Crippen molar-refractivity contribution >= 4 is 23.2 Å². The molecule has 3 aliphatic heterocycles. The van der Waals surface area contributed by atoms with Crippen LogP contribution in [0.4, 0.5) is 0 Å². The molecule has 0 aromatic heterocycles. The Morgan fingerprint density at radius 1 is 1.18 bits per heavy atom. The third kappa shape index (κ3) is 3.52. The zero-order chi connectivity index (χ0) is 19.7. The van der Waals surface area contributed by atoms with E-state index in [1.54, 1.807) is 24.1 Å². The maximum Gasteiger partial charge on any atom is 0.266 e. The van der Waals surface area contributed by atoms with E-state index in [2.05, 4.69) is 5.16 Å². The lowest BCUT2D eigenvalue weighted by molar-refractivity contribution is -0.189. The van der Waals surface area contributed by atoms with Crippen LogP contribution in [0.5, 0.6) is 11.5 Å². The highest BCUT2D eigenvalue weighted by atomic mass is 35.5. The first-order valence-corrected chi connectivity index (χ1v) is 9.64. The van der Waals surface area contributed by atoms with Crippen molar-refractivity contribution in [1.82, 2.24) is 4.90 Å². The molecule has 2 fully saturated rings. The summed E-state index contributed by atoms with van der Waals surface area (Å²) in [6.45, 7) is 2.38. The largest absolute Gasteiger partial charge is 0.496 e. The first kappa shape index (κ1) is 19.3. The van der Waals surface area contributed by atoms with Gasteiger partial charge in [0, 0.05) is 44.0 Å². The van der Waals surface area contributed by atoms with Crippen molar-refractivity contribution in [1.29, 1.82) is 0 Å². The zero-order valence-corrected chi connectivity index (χ0v) is 16.7. The Labute approximate surface area is 168 Å². The molecular formula is C19H23ClN2O6. The fourth-order valence-corrected chi connectivity index (χ4v) is 4.05. The average molecular weight is 411 g/mol. The van der Waals surface area contributed by atoms with Crippen molar-refractivity contribution in [2.45, 2.75) is 31.2 Å². The standard InChI is InChI=1S/C19H23ClN2O6/c1-24-15-11-16(25-2)13(20)9-12(15)14-10-17(28-21-14)18(23)22-5-3-19(4-6-22)26-7-8-27-19/h9,11,17H,3-8,10H2,1-2H3/t17-/m1/s1. The molecule has 1 atom stereocenters. The molecule has 1 aromatic rings. The van der Waals surface area contributed by atoms with Gasteiger partial charge in [-0.3, -0.25) is 4.79 Å². The molecule has 1 spiro atoms. The van der Waals surface area contributed by atoms with E-state index in [0.29, 0.717) is 73.4 Å². The third-order valence-corrected chi connectivity index (χ3v) is 5.67. The van der Waals surface area contributed by atoms with Crippen molar-refractivity contribution in [2.75, 3.05) is 40.5 Å². The van der Waals surface area contributed by atoms with Crippen LogP contribution in [0.3, 0.4) is 0 Å². The van der Waals surface area contributed by atoms with Crippen molar-refractivity contribution in [3.8, 4) is 11.5 Å². The first-order chi connectivity index (χ1) is 13.5. The van der Waals surface area contributed by atoms with Gasteiger partial charge in [-0.15, -0.1) is 0 Å². The molecule has 3 heterocycles. The molecule has 8 nitrogen and oxygen atoms in total. The second-order valence-electron chi connectivity index (χ2n) is 6.96. The summed E-state index contributed by atoms with van der Waals surface area (Å²) < 4.78 is 22.1. The fraction of sp³-hybridized carbons (Fsp3) is 0.579. The lowest BCUT2D eigenvalue weighted by atomic mass is 10.0. The summed E-state index contributed by atoms with van der Waals surface area (Å²) in [7, 11) is 3.09. The van der Waals surface area contributed by atoms with Gasteiger partial charge >= 0.3 is 0 Å². The quantitative estimate of drug-likeness (QED) is 0.757. The molecule has 0 radical (unpaired) electrons. The van der Waals surface area contributed by atoms with Crippen LogP contribution >= 0.6 is 11.6 Å². The number of carbonyl (C=O) groups excluding carboxylic acids is 1. The van der Waals surface area contributed by atoms with Gasteiger partial charge in [0.1, 0.15) is 11.5 Å². The predicted octanol–water partition coefficient (Wildman–Crippen LogP) is 2.22. The van der Waals surface area contributed by atoms with Crippen molar-refractivity contribution in [2.24, 2.45) is 5.16 Å². The average Bonchev–Trinajstić information content (AvgIpc) is 3.38. The van der Waals surface area contributed by atoms with E-state index in [1.165, 1.54) is 7.11 Å². The van der Waals surface area contributed by atoms with Crippen LogP contribution in [0.1, 0.15) is 24.8 Å². The van der Waals surface area contributed by atoms with Gasteiger partial charge in [0.25, 0.3) is 5.91 Å². The maximum atomic E-state index is 12.9. The Morgan fingerprint density at radius 3 is 2.50 bits per heavy atom. The monoisotopic (exact) mass is 410 g/mol. The number of amides is 1. The second-order valence-corrected chi connectivity index (χ2v) is 7.36. The molecule has 0 N–H and O–H groups in total.